The molecule has 1 heterocycles. The molecule has 0 aliphatic carbocycles. The van der Waals surface area contributed by atoms with E-state index in [-0.39, 0.29) is 11.8 Å². The fraction of sp³-hybridized carbons (Fsp3) is 0.133. The first-order valence-electron chi connectivity index (χ1n) is 6.18. The van der Waals surface area contributed by atoms with Crippen molar-refractivity contribution in [3.05, 3.63) is 47.8 Å². The SMILES string of the molecule is COc1ccc(F)c(-n2c(N)nc3ccc(C)cc32)c1. The van der Waals surface area contributed by atoms with E-state index in [0.717, 1.165) is 16.6 Å². The summed E-state index contributed by atoms with van der Waals surface area (Å²) in [5.74, 6) is 0.436. The van der Waals surface area contributed by atoms with Crippen LogP contribution in [0.1, 0.15) is 5.56 Å². The number of aryl methyl sites for hydroxylation is 1. The number of nitrogen functional groups attached to an aromatic ring is 1. The van der Waals surface area contributed by atoms with E-state index in [4.69, 9.17) is 10.5 Å². The normalized spacial score (nSPS) is 10.9. The molecule has 5 heteroatoms. The third-order valence-electron chi connectivity index (χ3n) is 3.23. The molecular formula is C15H14FN3O. The maximum atomic E-state index is 14.1. The van der Waals surface area contributed by atoms with Crippen LogP contribution in [-0.2, 0) is 0 Å². The van der Waals surface area contributed by atoms with Crippen LogP contribution in [-0.4, -0.2) is 16.7 Å². The number of fused-ring (bicyclic) bond motifs is 1. The molecule has 0 aliphatic rings. The van der Waals surface area contributed by atoms with E-state index < -0.39 is 0 Å². The van der Waals surface area contributed by atoms with Crippen LogP contribution < -0.4 is 10.5 Å². The minimum Gasteiger partial charge on any atom is -0.497 e. The summed E-state index contributed by atoms with van der Waals surface area (Å²) in [6.45, 7) is 1.97. The minimum atomic E-state index is -0.377. The molecule has 0 radical (unpaired) electrons. The number of imidazole rings is 1. The molecule has 20 heavy (non-hydrogen) atoms. The summed E-state index contributed by atoms with van der Waals surface area (Å²) in [6, 6.07) is 10.3. The molecule has 1 aromatic heterocycles. The first-order chi connectivity index (χ1) is 9.60. The Balaban J connectivity index is 2.34. The topological polar surface area (TPSA) is 53.1 Å². The van der Waals surface area contributed by atoms with Crippen LogP contribution in [0.3, 0.4) is 0 Å². The third kappa shape index (κ3) is 1.87. The van der Waals surface area contributed by atoms with Gasteiger partial charge in [-0.25, -0.2) is 9.37 Å². The quantitative estimate of drug-likeness (QED) is 0.779. The lowest BCUT2D eigenvalue weighted by molar-refractivity contribution is 0.413. The number of halogens is 1. The van der Waals surface area contributed by atoms with Gasteiger partial charge in [0.05, 0.1) is 23.8 Å². The van der Waals surface area contributed by atoms with Crippen molar-refractivity contribution in [3.63, 3.8) is 0 Å². The van der Waals surface area contributed by atoms with Gasteiger partial charge in [-0.2, -0.15) is 0 Å². The average molecular weight is 271 g/mol. The lowest BCUT2D eigenvalue weighted by Crippen LogP contribution is -2.03. The van der Waals surface area contributed by atoms with E-state index in [1.807, 2.05) is 25.1 Å². The number of benzene rings is 2. The van der Waals surface area contributed by atoms with Gasteiger partial charge in [-0.05, 0) is 36.8 Å². The summed E-state index contributed by atoms with van der Waals surface area (Å²) in [4.78, 5) is 4.26. The van der Waals surface area contributed by atoms with Gasteiger partial charge in [-0.15, -0.1) is 0 Å². The summed E-state index contributed by atoms with van der Waals surface area (Å²) < 4.78 is 20.9. The summed E-state index contributed by atoms with van der Waals surface area (Å²) in [5, 5.41) is 0. The number of nitrogens with zero attached hydrogens (tertiary/aromatic N) is 2. The summed E-state index contributed by atoms with van der Waals surface area (Å²) >= 11 is 0. The largest absolute Gasteiger partial charge is 0.497 e. The van der Waals surface area contributed by atoms with Gasteiger partial charge >= 0.3 is 0 Å². The van der Waals surface area contributed by atoms with Crippen molar-refractivity contribution >= 4 is 17.0 Å². The fourth-order valence-corrected chi connectivity index (χ4v) is 2.25. The van der Waals surface area contributed by atoms with Crippen molar-refractivity contribution in [2.75, 3.05) is 12.8 Å². The van der Waals surface area contributed by atoms with Gasteiger partial charge in [0.2, 0.25) is 5.95 Å². The van der Waals surface area contributed by atoms with E-state index in [9.17, 15) is 4.39 Å². The zero-order valence-corrected chi connectivity index (χ0v) is 11.2. The number of methoxy groups -OCH3 is 1. The van der Waals surface area contributed by atoms with Gasteiger partial charge < -0.3 is 10.5 Å². The van der Waals surface area contributed by atoms with Crippen molar-refractivity contribution in [2.24, 2.45) is 0 Å². The molecule has 0 unspecified atom stereocenters. The van der Waals surface area contributed by atoms with E-state index in [2.05, 4.69) is 4.98 Å². The minimum absolute atomic E-state index is 0.248. The number of anilines is 1. The molecular weight excluding hydrogens is 257 g/mol. The maximum absolute atomic E-state index is 14.1. The highest BCUT2D eigenvalue weighted by molar-refractivity contribution is 5.81. The van der Waals surface area contributed by atoms with E-state index >= 15 is 0 Å². The molecule has 2 aromatic carbocycles. The molecule has 0 aliphatic heterocycles. The molecule has 0 fully saturated rings. The third-order valence-corrected chi connectivity index (χ3v) is 3.23. The number of nitrogens with two attached hydrogens (primary N) is 1. The fourth-order valence-electron chi connectivity index (χ4n) is 2.25. The van der Waals surface area contributed by atoms with Crippen LogP contribution in [0.2, 0.25) is 0 Å². The number of rotatable bonds is 2. The molecule has 0 atom stereocenters. The first-order valence-corrected chi connectivity index (χ1v) is 6.18. The van der Waals surface area contributed by atoms with E-state index in [1.54, 1.807) is 16.7 Å². The van der Waals surface area contributed by atoms with E-state index in [1.165, 1.54) is 13.2 Å². The lowest BCUT2D eigenvalue weighted by Gasteiger charge is -2.10. The second-order valence-electron chi connectivity index (χ2n) is 4.61. The maximum Gasteiger partial charge on any atom is 0.206 e. The van der Waals surface area contributed by atoms with Crippen molar-refractivity contribution in [3.8, 4) is 11.4 Å². The predicted molar refractivity (Wildman–Crippen MR) is 76.7 cm³/mol. The van der Waals surface area contributed by atoms with Crippen LogP contribution in [0.5, 0.6) is 5.75 Å². The van der Waals surface area contributed by atoms with Crippen LogP contribution in [0, 0.1) is 12.7 Å². The van der Waals surface area contributed by atoms with Crippen molar-refractivity contribution in [1.29, 1.82) is 0 Å². The molecule has 2 N–H and O–H groups in total. The van der Waals surface area contributed by atoms with Crippen molar-refractivity contribution < 1.29 is 9.13 Å². The van der Waals surface area contributed by atoms with Gasteiger partial charge in [0.15, 0.2) is 0 Å². The molecule has 0 bridgehead atoms. The van der Waals surface area contributed by atoms with Crippen LogP contribution in [0.4, 0.5) is 10.3 Å². The highest BCUT2D eigenvalue weighted by Crippen LogP contribution is 2.28. The zero-order chi connectivity index (χ0) is 14.3. The highest BCUT2D eigenvalue weighted by Gasteiger charge is 2.14. The summed E-state index contributed by atoms with van der Waals surface area (Å²) in [5.41, 5.74) is 8.83. The molecule has 0 saturated carbocycles. The Bertz CT molecular complexity index is 795. The van der Waals surface area contributed by atoms with Gasteiger partial charge in [0.25, 0.3) is 0 Å². The summed E-state index contributed by atoms with van der Waals surface area (Å²) in [6.07, 6.45) is 0. The Morgan fingerprint density at radius 1 is 1.20 bits per heavy atom. The monoisotopic (exact) mass is 271 g/mol. The second-order valence-corrected chi connectivity index (χ2v) is 4.61. The van der Waals surface area contributed by atoms with Crippen molar-refractivity contribution in [1.82, 2.24) is 9.55 Å². The molecule has 4 nitrogen and oxygen atoms in total. The Labute approximate surface area is 115 Å². The van der Waals surface area contributed by atoms with Gasteiger partial charge in [0, 0.05) is 6.07 Å². The number of ether oxygens (including phenoxy) is 1. The Morgan fingerprint density at radius 2 is 2.00 bits per heavy atom. The molecule has 0 saturated heterocycles. The van der Waals surface area contributed by atoms with Gasteiger partial charge in [-0.1, -0.05) is 6.07 Å². The lowest BCUT2D eigenvalue weighted by atomic mass is 10.2. The number of hydrogen-bond acceptors (Lipinski definition) is 3. The molecule has 3 aromatic rings. The van der Waals surface area contributed by atoms with Crippen LogP contribution in [0.25, 0.3) is 16.7 Å². The smallest absolute Gasteiger partial charge is 0.206 e. The van der Waals surface area contributed by atoms with Crippen LogP contribution in [0.15, 0.2) is 36.4 Å². The first kappa shape index (κ1) is 12.5. The zero-order valence-electron chi connectivity index (χ0n) is 11.2. The molecule has 0 spiro atoms. The van der Waals surface area contributed by atoms with Crippen LogP contribution >= 0.6 is 0 Å². The van der Waals surface area contributed by atoms with Gasteiger partial charge in [-0.3, -0.25) is 4.57 Å². The van der Waals surface area contributed by atoms with Crippen molar-refractivity contribution in [2.45, 2.75) is 6.92 Å². The highest BCUT2D eigenvalue weighted by atomic mass is 19.1. The number of hydrogen-bond donors (Lipinski definition) is 1. The molecule has 3 rings (SSSR count). The van der Waals surface area contributed by atoms with Gasteiger partial charge in [0.1, 0.15) is 11.6 Å². The average Bonchev–Trinajstić information content (AvgIpc) is 2.75. The second kappa shape index (κ2) is 4.52. The molecule has 102 valence electrons. The standard InChI is InChI=1S/C15H14FN3O/c1-9-3-6-12-14(7-9)19(15(17)18-12)13-8-10(20-2)4-5-11(13)16/h3-8H,1-2H3,(H2,17,18). The summed E-state index contributed by atoms with van der Waals surface area (Å²) in [7, 11) is 1.54. The Hall–Kier alpha value is -2.56. The number of aromatic nitrogens is 2. The Kier molecular flexibility index (Phi) is 2.82. The van der Waals surface area contributed by atoms with E-state index in [0.29, 0.717) is 11.4 Å². The predicted octanol–water partition coefficient (Wildman–Crippen LogP) is 3.06. The molecule has 0 amide bonds. The Morgan fingerprint density at radius 3 is 2.75 bits per heavy atom.